The van der Waals surface area contributed by atoms with Gasteiger partial charge >= 0.3 is 6.03 Å². The number of benzene rings is 1. The van der Waals surface area contributed by atoms with Gasteiger partial charge in [-0.2, -0.15) is 5.10 Å². The van der Waals surface area contributed by atoms with Crippen LogP contribution in [0.1, 0.15) is 44.9 Å². The van der Waals surface area contributed by atoms with Crippen molar-refractivity contribution in [2.24, 2.45) is 0 Å². The number of carbonyl (C=O) groups excluding carboxylic acids is 1. The number of para-hydroxylation sites is 1. The van der Waals surface area contributed by atoms with Crippen LogP contribution in [-0.4, -0.2) is 45.0 Å². The molecule has 2 N–H and O–H groups in total. The summed E-state index contributed by atoms with van der Waals surface area (Å²) in [6.45, 7) is 8.19. The molecule has 1 aromatic heterocycles. The molecule has 0 bridgehead atoms. The molecule has 0 aliphatic carbocycles. The van der Waals surface area contributed by atoms with Gasteiger partial charge in [-0.15, -0.1) is 0 Å². The largest absolute Gasteiger partial charge is 0.389 e. The second kappa shape index (κ2) is 7.70. The van der Waals surface area contributed by atoms with Crippen LogP contribution >= 0.6 is 0 Å². The summed E-state index contributed by atoms with van der Waals surface area (Å²) in [7, 11) is 1.67. The smallest absolute Gasteiger partial charge is 0.317 e. The molecule has 0 spiro atoms. The molecule has 0 radical (unpaired) electrons. The van der Waals surface area contributed by atoms with Gasteiger partial charge in [0.05, 0.1) is 23.5 Å². The lowest BCUT2D eigenvalue weighted by Crippen LogP contribution is -2.44. The highest BCUT2D eigenvalue weighted by atomic mass is 16.3. The number of rotatable bonds is 6. The van der Waals surface area contributed by atoms with Crippen molar-refractivity contribution in [2.45, 2.75) is 45.8 Å². The van der Waals surface area contributed by atoms with E-state index in [0.29, 0.717) is 6.54 Å². The van der Waals surface area contributed by atoms with Crippen LogP contribution in [0.5, 0.6) is 0 Å². The van der Waals surface area contributed by atoms with E-state index >= 15 is 0 Å². The van der Waals surface area contributed by atoms with Gasteiger partial charge in [-0.1, -0.05) is 32.0 Å². The van der Waals surface area contributed by atoms with Crippen LogP contribution in [0.3, 0.4) is 0 Å². The third-order valence-electron chi connectivity index (χ3n) is 3.79. The highest BCUT2D eigenvalue weighted by molar-refractivity contribution is 5.73. The molecule has 1 aromatic carbocycles. The maximum absolute atomic E-state index is 12.2. The van der Waals surface area contributed by atoms with Crippen molar-refractivity contribution in [3.63, 3.8) is 0 Å². The summed E-state index contributed by atoms with van der Waals surface area (Å²) in [5.41, 5.74) is 2.02. The second-order valence-electron chi connectivity index (χ2n) is 7.30. The number of amides is 2. The van der Waals surface area contributed by atoms with Gasteiger partial charge in [-0.3, -0.25) is 0 Å². The van der Waals surface area contributed by atoms with Crippen molar-refractivity contribution in [1.29, 1.82) is 0 Å². The Bertz CT molecular complexity index is 702. The Labute approximate surface area is 149 Å². The summed E-state index contributed by atoms with van der Waals surface area (Å²) in [5, 5.41) is 17.4. The first-order valence-electron chi connectivity index (χ1n) is 8.52. The van der Waals surface area contributed by atoms with E-state index in [9.17, 15) is 9.90 Å². The van der Waals surface area contributed by atoms with Crippen LogP contribution in [0.25, 0.3) is 5.69 Å². The molecule has 0 aliphatic rings. The van der Waals surface area contributed by atoms with E-state index in [0.717, 1.165) is 16.9 Å². The maximum atomic E-state index is 12.2. The van der Waals surface area contributed by atoms with Gasteiger partial charge in [0, 0.05) is 25.4 Å². The molecule has 0 saturated carbocycles. The molecule has 2 amide bonds. The van der Waals surface area contributed by atoms with E-state index in [4.69, 9.17) is 0 Å². The number of aromatic nitrogens is 2. The Balaban J connectivity index is 2.11. The lowest BCUT2D eigenvalue weighted by molar-refractivity contribution is 0.0531. The molecule has 25 heavy (non-hydrogen) atoms. The number of hydrogen-bond donors (Lipinski definition) is 2. The summed E-state index contributed by atoms with van der Waals surface area (Å²) >= 11 is 0. The minimum Gasteiger partial charge on any atom is -0.389 e. The fourth-order valence-corrected chi connectivity index (χ4v) is 2.72. The van der Waals surface area contributed by atoms with E-state index in [1.165, 1.54) is 4.90 Å². The van der Waals surface area contributed by atoms with Crippen molar-refractivity contribution in [3.8, 4) is 5.69 Å². The standard InChI is InChI=1S/C19H28N4O2/c1-14(2)17-15(11-20-18(24)22(5)13-19(3,4)25)12-23(21-17)16-9-7-6-8-10-16/h6-10,12,14,25H,11,13H2,1-5H3,(H,20,24). The van der Waals surface area contributed by atoms with Gasteiger partial charge in [-0.05, 0) is 31.9 Å². The average molecular weight is 344 g/mol. The quantitative estimate of drug-likeness (QED) is 0.846. The molecule has 0 atom stereocenters. The molecule has 2 rings (SSSR count). The second-order valence-corrected chi connectivity index (χ2v) is 7.30. The summed E-state index contributed by atoms with van der Waals surface area (Å²) in [6, 6.07) is 9.69. The molecule has 0 saturated heterocycles. The highest BCUT2D eigenvalue weighted by Crippen LogP contribution is 2.20. The molecule has 0 fully saturated rings. The minimum atomic E-state index is -0.923. The van der Waals surface area contributed by atoms with Crippen molar-refractivity contribution in [3.05, 3.63) is 47.8 Å². The van der Waals surface area contributed by atoms with E-state index in [-0.39, 0.29) is 18.5 Å². The predicted octanol–water partition coefficient (Wildman–Crippen LogP) is 2.91. The minimum absolute atomic E-state index is 0.218. The van der Waals surface area contributed by atoms with Gasteiger partial charge < -0.3 is 15.3 Å². The number of hydrogen-bond acceptors (Lipinski definition) is 3. The Morgan fingerprint density at radius 3 is 2.52 bits per heavy atom. The van der Waals surface area contributed by atoms with Gasteiger partial charge in [0.1, 0.15) is 0 Å². The Kier molecular flexibility index (Phi) is 5.85. The van der Waals surface area contributed by atoms with Gasteiger partial charge in [0.25, 0.3) is 0 Å². The van der Waals surface area contributed by atoms with Crippen LogP contribution in [0.2, 0.25) is 0 Å². The van der Waals surface area contributed by atoms with E-state index in [1.54, 1.807) is 20.9 Å². The third kappa shape index (κ3) is 5.32. The predicted molar refractivity (Wildman–Crippen MR) is 98.8 cm³/mol. The molecule has 0 unspecified atom stereocenters. The molecule has 0 aliphatic heterocycles. The zero-order valence-corrected chi connectivity index (χ0v) is 15.7. The monoisotopic (exact) mass is 344 g/mol. The van der Waals surface area contributed by atoms with Crippen molar-refractivity contribution in [1.82, 2.24) is 20.0 Å². The average Bonchev–Trinajstić information content (AvgIpc) is 2.96. The summed E-state index contributed by atoms with van der Waals surface area (Å²) in [4.78, 5) is 13.7. The lowest BCUT2D eigenvalue weighted by atomic mass is 10.1. The van der Waals surface area contributed by atoms with Crippen LogP contribution in [0, 0.1) is 0 Å². The van der Waals surface area contributed by atoms with Crippen LogP contribution < -0.4 is 5.32 Å². The first-order chi connectivity index (χ1) is 11.7. The number of nitrogens with zero attached hydrogens (tertiary/aromatic N) is 3. The number of urea groups is 1. The zero-order chi connectivity index (χ0) is 18.6. The topological polar surface area (TPSA) is 70.4 Å². The Morgan fingerprint density at radius 1 is 1.32 bits per heavy atom. The molecule has 1 heterocycles. The molecule has 6 heteroatoms. The van der Waals surface area contributed by atoms with Gasteiger partial charge in [-0.25, -0.2) is 9.48 Å². The van der Waals surface area contributed by atoms with E-state index in [1.807, 2.05) is 41.2 Å². The molecule has 136 valence electrons. The van der Waals surface area contributed by atoms with Crippen molar-refractivity contribution >= 4 is 6.03 Å². The Hall–Kier alpha value is -2.34. The number of aliphatic hydroxyl groups is 1. The van der Waals surface area contributed by atoms with Gasteiger partial charge in [0.2, 0.25) is 0 Å². The normalized spacial score (nSPS) is 11.6. The summed E-state index contributed by atoms with van der Waals surface area (Å²) in [6.07, 6.45) is 1.96. The summed E-state index contributed by atoms with van der Waals surface area (Å²) in [5.74, 6) is 0.256. The first-order valence-corrected chi connectivity index (χ1v) is 8.52. The molecular formula is C19H28N4O2. The number of likely N-dealkylation sites (N-methyl/N-ethyl adjacent to an activating group) is 1. The number of nitrogens with one attached hydrogen (secondary N) is 1. The van der Waals surface area contributed by atoms with Crippen LogP contribution in [0.15, 0.2) is 36.5 Å². The molecule has 2 aromatic rings. The third-order valence-corrected chi connectivity index (χ3v) is 3.79. The van der Waals surface area contributed by atoms with Crippen molar-refractivity contribution < 1.29 is 9.90 Å². The van der Waals surface area contributed by atoms with E-state index < -0.39 is 5.60 Å². The first kappa shape index (κ1) is 19.0. The zero-order valence-electron chi connectivity index (χ0n) is 15.7. The van der Waals surface area contributed by atoms with Gasteiger partial charge in [0.15, 0.2) is 0 Å². The SMILES string of the molecule is CC(C)c1nn(-c2ccccc2)cc1CNC(=O)N(C)CC(C)(C)O. The molecular weight excluding hydrogens is 316 g/mol. The van der Waals surface area contributed by atoms with E-state index in [2.05, 4.69) is 24.3 Å². The van der Waals surface area contributed by atoms with Crippen LogP contribution in [-0.2, 0) is 6.54 Å². The fourth-order valence-electron chi connectivity index (χ4n) is 2.72. The lowest BCUT2D eigenvalue weighted by Gasteiger charge is -2.25. The van der Waals surface area contributed by atoms with Crippen LogP contribution in [0.4, 0.5) is 4.79 Å². The highest BCUT2D eigenvalue weighted by Gasteiger charge is 2.20. The number of carbonyl (C=O) groups is 1. The fraction of sp³-hybridized carbons (Fsp3) is 0.474. The summed E-state index contributed by atoms with van der Waals surface area (Å²) < 4.78 is 1.84. The Morgan fingerprint density at radius 2 is 1.96 bits per heavy atom. The molecule has 6 nitrogen and oxygen atoms in total. The van der Waals surface area contributed by atoms with Crippen molar-refractivity contribution in [2.75, 3.05) is 13.6 Å². The maximum Gasteiger partial charge on any atom is 0.317 e.